The number of nitrogens with zero attached hydrogens (tertiary/aromatic N) is 1. The minimum atomic E-state index is -1.19. The number of carboxylic acids is 1. The van der Waals surface area contributed by atoms with Crippen LogP contribution in [0.25, 0.3) is 0 Å². The maximum absolute atomic E-state index is 13.6. The highest BCUT2D eigenvalue weighted by atomic mass is 16.5. The number of aryl methyl sites for hydroxylation is 2. The number of rotatable bonds is 5. The Hall–Kier alpha value is -3.39. The van der Waals surface area contributed by atoms with E-state index in [0.717, 1.165) is 11.1 Å². The highest BCUT2D eigenvalue weighted by Crippen LogP contribution is 2.48. The molecular weight excluding hydrogens is 400 g/mol. The summed E-state index contributed by atoms with van der Waals surface area (Å²) < 4.78 is 10.7. The quantitative estimate of drug-likeness (QED) is 0.709. The van der Waals surface area contributed by atoms with Crippen LogP contribution in [0.15, 0.2) is 36.4 Å². The summed E-state index contributed by atoms with van der Waals surface area (Å²) in [5.41, 5.74) is 2.68. The highest BCUT2D eigenvalue weighted by molar-refractivity contribution is 6.24. The average molecular weight is 424 g/mol. The molecule has 162 valence electrons. The van der Waals surface area contributed by atoms with Crippen LogP contribution in [0.4, 0.5) is 5.69 Å². The summed E-state index contributed by atoms with van der Waals surface area (Å²) in [6.45, 7) is 3.65. The monoisotopic (exact) mass is 424 g/mol. The lowest BCUT2D eigenvalue weighted by atomic mass is 9.86. The van der Waals surface area contributed by atoms with Crippen LogP contribution >= 0.6 is 0 Å². The summed E-state index contributed by atoms with van der Waals surface area (Å²) in [4.78, 5) is 40.2. The molecule has 0 unspecified atom stereocenters. The number of aliphatic carboxylic acids is 1. The fourth-order valence-corrected chi connectivity index (χ4v) is 4.78. The van der Waals surface area contributed by atoms with Gasteiger partial charge < -0.3 is 14.6 Å². The van der Waals surface area contributed by atoms with Crippen molar-refractivity contribution in [1.82, 2.24) is 5.32 Å². The molecule has 2 fully saturated rings. The van der Waals surface area contributed by atoms with E-state index in [-0.39, 0.29) is 0 Å². The molecule has 2 amide bonds. The first-order chi connectivity index (χ1) is 14.8. The molecule has 0 bridgehead atoms. The Morgan fingerprint density at radius 3 is 2.23 bits per heavy atom. The van der Waals surface area contributed by atoms with E-state index in [1.54, 1.807) is 18.2 Å². The van der Waals surface area contributed by atoms with Gasteiger partial charge in [-0.05, 0) is 31.0 Å². The third-order valence-electron chi connectivity index (χ3n) is 6.18. The highest BCUT2D eigenvalue weighted by Gasteiger charge is 2.62. The first-order valence-electron chi connectivity index (χ1n) is 9.95. The number of fused-ring (bicyclic) bond motifs is 1. The van der Waals surface area contributed by atoms with Crippen LogP contribution in [0.1, 0.15) is 22.7 Å². The number of para-hydroxylation sites is 1. The number of hydrogen-bond donors (Lipinski definition) is 2. The van der Waals surface area contributed by atoms with Crippen LogP contribution in [0.2, 0.25) is 0 Å². The third kappa shape index (κ3) is 3.14. The smallest absolute Gasteiger partial charge is 0.321 e. The number of amides is 2. The van der Waals surface area contributed by atoms with Gasteiger partial charge in [-0.2, -0.15) is 0 Å². The second-order valence-electron chi connectivity index (χ2n) is 7.87. The Bertz CT molecular complexity index is 1060. The lowest BCUT2D eigenvalue weighted by molar-refractivity contribution is -0.142. The SMILES string of the molecule is COc1ccc([C@@H]2N[C@H](C(=O)O)[C@H]3C(=O)N(c4c(C)cccc4C)C(=O)[C@H]32)c(OC)c1. The van der Waals surface area contributed by atoms with Gasteiger partial charge in [-0.15, -0.1) is 0 Å². The molecule has 0 saturated carbocycles. The number of methoxy groups -OCH3 is 2. The van der Waals surface area contributed by atoms with E-state index in [9.17, 15) is 19.5 Å². The molecule has 2 saturated heterocycles. The molecule has 8 nitrogen and oxygen atoms in total. The minimum Gasteiger partial charge on any atom is -0.497 e. The van der Waals surface area contributed by atoms with Gasteiger partial charge in [-0.1, -0.05) is 24.3 Å². The summed E-state index contributed by atoms with van der Waals surface area (Å²) >= 11 is 0. The van der Waals surface area contributed by atoms with Crippen molar-refractivity contribution in [1.29, 1.82) is 0 Å². The normalized spacial score (nSPS) is 25.0. The van der Waals surface area contributed by atoms with Crippen LogP contribution in [0, 0.1) is 25.7 Å². The lowest BCUT2D eigenvalue weighted by Gasteiger charge is -2.24. The average Bonchev–Trinajstić information content (AvgIpc) is 3.26. The van der Waals surface area contributed by atoms with E-state index in [0.29, 0.717) is 22.7 Å². The Morgan fingerprint density at radius 1 is 1.00 bits per heavy atom. The van der Waals surface area contributed by atoms with Crippen LogP contribution in [0.3, 0.4) is 0 Å². The van der Waals surface area contributed by atoms with Crippen molar-refractivity contribution in [2.24, 2.45) is 11.8 Å². The number of benzene rings is 2. The van der Waals surface area contributed by atoms with Gasteiger partial charge in [-0.25, -0.2) is 4.90 Å². The number of ether oxygens (including phenoxy) is 2. The molecular formula is C23H24N2O6. The molecule has 2 aliphatic heterocycles. The number of imide groups is 1. The molecule has 2 aromatic carbocycles. The minimum absolute atomic E-state index is 0.411. The van der Waals surface area contributed by atoms with Gasteiger partial charge in [0.15, 0.2) is 0 Å². The summed E-state index contributed by atoms with van der Waals surface area (Å²) in [6, 6.07) is 8.74. The Morgan fingerprint density at radius 2 is 1.65 bits per heavy atom. The van der Waals surface area contributed by atoms with Crippen LogP contribution in [-0.4, -0.2) is 43.2 Å². The number of hydrogen-bond acceptors (Lipinski definition) is 6. The van der Waals surface area contributed by atoms with Crippen molar-refractivity contribution in [3.63, 3.8) is 0 Å². The topological polar surface area (TPSA) is 105 Å². The number of anilines is 1. The maximum Gasteiger partial charge on any atom is 0.321 e. The Labute approximate surface area is 179 Å². The molecule has 31 heavy (non-hydrogen) atoms. The summed E-state index contributed by atoms with van der Waals surface area (Å²) in [5, 5.41) is 12.8. The predicted octanol–water partition coefficient (Wildman–Crippen LogP) is 2.22. The van der Waals surface area contributed by atoms with Crippen LogP contribution < -0.4 is 19.7 Å². The fraction of sp³-hybridized carbons (Fsp3) is 0.348. The Balaban J connectivity index is 1.83. The molecule has 4 rings (SSSR count). The van der Waals surface area contributed by atoms with E-state index in [1.165, 1.54) is 19.1 Å². The molecule has 0 radical (unpaired) electrons. The summed E-state index contributed by atoms with van der Waals surface area (Å²) in [7, 11) is 3.02. The van der Waals surface area contributed by atoms with Crippen LogP contribution in [-0.2, 0) is 14.4 Å². The standard InChI is InChI=1S/C23H24N2O6/c1-11-6-5-7-12(2)20(11)25-21(26)16-17(22(25)27)19(23(28)29)24-18(16)14-9-8-13(30-3)10-15(14)31-4/h5-10,16-19,24H,1-4H3,(H,28,29)/t16-,17+,18+,19+/m1/s1. The largest absolute Gasteiger partial charge is 0.497 e. The van der Waals surface area contributed by atoms with Gasteiger partial charge in [0.05, 0.1) is 31.7 Å². The first kappa shape index (κ1) is 20.9. The lowest BCUT2D eigenvalue weighted by Crippen LogP contribution is -2.43. The van der Waals surface area contributed by atoms with Gasteiger partial charge in [0.2, 0.25) is 11.8 Å². The first-order valence-corrected chi connectivity index (χ1v) is 9.95. The zero-order valence-corrected chi connectivity index (χ0v) is 17.7. The van der Waals surface area contributed by atoms with Crippen molar-refractivity contribution in [2.75, 3.05) is 19.1 Å². The van der Waals surface area contributed by atoms with Gasteiger partial charge in [0.1, 0.15) is 17.5 Å². The molecule has 2 N–H and O–H groups in total. The zero-order valence-electron chi connectivity index (χ0n) is 17.7. The van der Waals surface area contributed by atoms with Crippen molar-refractivity contribution in [3.05, 3.63) is 53.1 Å². The van der Waals surface area contributed by atoms with Crippen molar-refractivity contribution in [3.8, 4) is 11.5 Å². The molecule has 2 aliphatic rings. The predicted molar refractivity (Wildman–Crippen MR) is 112 cm³/mol. The maximum atomic E-state index is 13.6. The second-order valence-corrected chi connectivity index (χ2v) is 7.87. The zero-order chi connectivity index (χ0) is 22.4. The van der Waals surface area contributed by atoms with E-state index in [1.807, 2.05) is 32.0 Å². The van der Waals surface area contributed by atoms with Gasteiger partial charge in [-0.3, -0.25) is 19.7 Å². The third-order valence-corrected chi connectivity index (χ3v) is 6.18. The van der Waals surface area contributed by atoms with Crippen molar-refractivity contribution >= 4 is 23.5 Å². The fourth-order valence-electron chi connectivity index (χ4n) is 4.78. The molecule has 0 aromatic heterocycles. The number of carbonyl (C=O) groups excluding carboxylic acids is 2. The van der Waals surface area contributed by atoms with Gasteiger partial charge in [0.25, 0.3) is 0 Å². The molecule has 4 atom stereocenters. The van der Waals surface area contributed by atoms with E-state index in [2.05, 4.69) is 5.32 Å². The van der Waals surface area contributed by atoms with E-state index in [4.69, 9.17) is 9.47 Å². The summed E-state index contributed by atoms with van der Waals surface area (Å²) in [5.74, 6) is -2.94. The molecule has 0 aliphatic carbocycles. The summed E-state index contributed by atoms with van der Waals surface area (Å²) in [6.07, 6.45) is 0. The number of carboxylic acid groups (broad SMARTS) is 1. The van der Waals surface area contributed by atoms with Crippen molar-refractivity contribution < 1.29 is 29.0 Å². The Kier molecular flexibility index (Phi) is 5.18. The molecule has 2 aromatic rings. The van der Waals surface area contributed by atoms with Gasteiger partial charge >= 0.3 is 5.97 Å². The second kappa shape index (κ2) is 7.70. The van der Waals surface area contributed by atoms with E-state index >= 15 is 0 Å². The van der Waals surface area contributed by atoms with Crippen molar-refractivity contribution in [2.45, 2.75) is 25.9 Å². The number of nitrogens with one attached hydrogen (secondary N) is 1. The molecule has 8 heteroatoms. The van der Waals surface area contributed by atoms with E-state index < -0.39 is 41.7 Å². The molecule has 2 heterocycles. The van der Waals surface area contributed by atoms with Gasteiger partial charge in [0, 0.05) is 17.7 Å². The number of carbonyl (C=O) groups is 3. The van der Waals surface area contributed by atoms with Crippen LogP contribution in [0.5, 0.6) is 11.5 Å². The molecule has 0 spiro atoms.